The van der Waals surface area contributed by atoms with Crippen molar-refractivity contribution in [3.63, 3.8) is 0 Å². The van der Waals surface area contributed by atoms with Crippen LogP contribution >= 0.6 is 62.7 Å². The summed E-state index contributed by atoms with van der Waals surface area (Å²) in [5.41, 5.74) is 5.45. The first-order valence-corrected chi connectivity index (χ1v) is 14.3. The lowest BCUT2D eigenvalue weighted by atomic mass is 10.2. The molecule has 1 N–H and O–H groups in total. The molecular weight excluding hydrogens is 591 g/mol. The Morgan fingerprint density at radius 3 is 2.51 bits per heavy atom. The highest BCUT2D eigenvalue weighted by molar-refractivity contribution is 9.10. The van der Waals surface area contributed by atoms with Crippen LogP contribution in [0, 0.1) is 0 Å². The third-order valence-electron chi connectivity index (χ3n) is 4.88. The molecule has 1 heterocycles. The molecule has 4 rings (SSSR count). The van der Waals surface area contributed by atoms with E-state index in [9.17, 15) is 4.79 Å². The Morgan fingerprint density at radius 1 is 1.03 bits per heavy atom. The number of nitrogens with one attached hydrogen (secondary N) is 1. The quantitative estimate of drug-likeness (QED) is 0.203. The standard InChI is InChI=1S/C25H21BrCl2N2O3S2/c26-20-11-16(2-8-23(20)33-14-17-1-7-21(27)22(28)12-17)13-29-30-24(31)15-32-19-5-3-18(4-6-19)25-34-9-10-35-25/h1-8,11-13,25H,9-10,14-15H2,(H,30,31)/b29-13-. The normalized spacial score (nSPS) is 13.8. The Balaban J connectivity index is 1.22. The number of rotatable bonds is 9. The average Bonchev–Trinajstić information content (AvgIpc) is 3.40. The van der Waals surface area contributed by atoms with Crippen LogP contribution in [0.1, 0.15) is 21.3 Å². The van der Waals surface area contributed by atoms with Crippen molar-refractivity contribution in [1.29, 1.82) is 0 Å². The Labute approximate surface area is 231 Å². The molecular formula is C25H21BrCl2N2O3S2. The first kappa shape index (κ1) is 26.2. The van der Waals surface area contributed by atoms with Gasteiger partial charge in [-0.1, -0.05) is 41.4 Å². The zero-order valence-electron chi connectivity index (χ0n) is 18.4. The van der Waals surface area contributed by atoms with Crippen molar-refractivity contribution in [2.45, 2.75) is 11.2 Å². The van der Waals surface area contributed by atoms with Gasteiger partial charge in [-0.2, -0.15) is 5.10 Å². The Kier molecular flexibility index (Phi) is 9.68. The van der Waals surface area contributed by atoms with Crippen LogP contribution in [-0.4, -0.2) is 30.2 Å². The number of hydrogen-bond donors (Lipinski definition) is 1. The van der Waals surface area contributed by atoms with Crippen LogP contribution in [0.3, 0.4) is 0 Å². The van der Waals surface area contributed by atoms with E-state index in [0.717, 1.165) is 15.6 Å². The van der Waals surface area contributed by atoms with Gasteiger partial charge in [0, 0.05) is 11.5 Å². The van der Waals surface area contributed by atoms with Crippen molar-refractivity contribution in [3.05, 3.63) is 91.9 Å². The molecule has 1 amide bonds. The molecule has 1 aliphatic rings. The number of nitrogens with zero attached hydrogens (tertiary/aromatic N) is 1. The number of ether oxygens (including phenoxy) is 2. The minimum Gasteiger partial charge on any atom is -0.488 e. The first-order valence-electron chi connectivity index (χ1n) is 10.6. The topological polar surface area (TPSA) is 59.9 Å². The first-order chi connectivity index (χ1) is 17.0. The fourth-order valence-electron chi connectivity index (χ4n) is 3.14. The lowest BCUT2D eigenvalue weighted by Gasteiger charge is -2.10. The van der Waals surface area contributed by atoms with Gasteiger partial charge >= 0.3 is 0 Å². The van der Waals surface area contributed by atoms with E-state index in [1.807, 2.05) is 59.9 Å². The molecule has 10 heteroatoms. The predicted molar refractivity (Wildman–Crippen MR) is 150 cm³/mol. The number of thioether (sulfide) groups is 2. The molecule has 0 atom stereocenters. The molecule has 0 aliphatic carbocycles. The Morgan fingerprint density at radius 2 is 1.80 bits per heavy atom. The van der Waals surface area contributed by atoms with Crippen molar-refractivity contribution >= 4 is 74.8 Å². The molecule has 182 valence electrons. The molecule has 35 heavy (non-hydrogen) atoms. The highest BCUT2D eigenvalue weighted by Crippen LogP contribution is 2.45. The van der Waals surface area contributed by atoms with E-state index in [2.05, 4.69) is 38.6 Å². The minimum absolute atomic E-state index is 0.116. The highest BCUT2D eigenvalue weighted by Gasteiger charge is 2.18. The van der Waals surface area contributed by atoms with Crippen LogP contribution in [0.4, 0.5) is 0 Å². The van der Waals surface area contributed by atoms with Crippen molar-refractivity contribution in [1.82, 2.24) is 5.43 Å². The summed E-state index contributed by atoms with van der Waals surface area (Å²) in [5, 5.41) is 5.00. The monoisotopic (exact) mass is 610 g/mol. The van der Waals surface area contributed by atoms with E-state index < -0.39 is 0 Å². The zero-order chi connectivity index (χ0) is 24.6. The van der Waals surface area contributed by atoms with Crippen LogP contribution in [-0.2, 0) is 11.4 Å². The summed E-state index contributed by atoms with van der Waals surface area (Å²) >= 11 is 19.4. The summed E-state index contributed by atoms with van der Waals surface area (Å²) in [6.45, 7) is 0.231. The Bertz CT molecular complexity index is 1210. The van der Waals surface area contributed by atoms with Gasteiger partial charge < -0.3 is 9.47 Å². The predicted octanol–water partition coefficient (Wildman–Crippen LogP) is 7.34. The number of hydrogen-bond acceptors (Lipinski definition) is 6. The van der Waals surface area contributed by atoms with E-state index in [0.29, 0.717) is 32.7 Å². The summed E-state index contributed by atoms with van der Waals surface area (Å²) in [6.07, 6.45) is 1.55. The van der Waals surface area contributed by atoms with Gasteiger partial charge in [-0.25, -0.2) is 5.43 Å². The summed E-state index contributed by atoms with van der Waals surface area (Å²) < 4.78 is 12.7. The molecule has 5 nitrogen and oxygen atoms in total. The largest absolute Gasteiger partial charge is 0.488 e. The maximum absolute atomic E-state index is 12.1. The van der Waals surface area contributed by atoms with Crippen LogP contribution in [0.5, 0.6) is 11.5 Å². The molecule has 0 bridgehead atoms. The number of carbonyl (C=O) groups is 1. The fraction of sp³-hybridized carbons (Fsp3) is 0.200. The highest BCUT2D eigenvalue weighted by atomic mass is 79.9. The van der Waals surface area contributed by atoms with Crippen LogP contribution < -0.4 is 14.9 Å². The van der Waals surface area contributed by atoms with Crippen LogP contribution in [0.25, 0.3) is 0 Å². The molecule has 1 fully saturated rings. The van der Waals surface area contributed by atoms with Crippen molar-refractivity contribution in [2.75, 3.05) is 18.1 Å². The summed E-state index contributed by atoms with van der Waals surface area (Å²) in [4.78, 5) is 12.1. The van der Waals surface area contributed by atoms with Gasteiger partial charge in [-0.05, 0) is 75.1 Å². The van der Waals surface area contributed by atoms with E-state index in [-0.39, 0.29) is 12.5 Å². The van der Waals surface area contributed by atoms with Gasteiger partial charge in [0.05, 0.1) is 25.3 Å². The third-order valence-corrected chi connectivity index (χ3v) is 9.34. The van der Waals surface area contributed by atoms with Crippen molar-refractivity contribution in [3.8, 4) is 11.5 Å². The maximum Gasteiger partial charge on any atom is 0.277 e. The van der Waals surface area contributed by atoms with Gasteiger partial charge in [0.15, 0.2) is 6.61 Å². The van der Waals surface area contributed by atoms with E-state index in [1.54, 1.807) is 18.3 Å². The number of hydrazone groups is 1. The van der Waals surface area contributed by atoms with Gasteiger partial charge in [0.2, 0.25) is 0 Å². The molecule has 0 aromatic heterocycles. The second-order valence-electron chi connectivity index (χ2n) is 7.45. The number of halogens is 3. The lowest BCUT2D eigenvalue weighted by Crippen LogP contribution is -2.24. The fourth-order valence-corrected chi connectivity index (χ4v) is 6.83. The molecule has 1 aliphatic heterocycles. The van der Waals surface area contributed by atoms with E-state index in [4.69, 9.17) is 32.7 Å². The van der Waals surface area contributed by atoms with E-state index >= 15 is 0 Å². The smallest absolute Gasteiger partial charge is 0.277 e. The molecule has 0 spiro atoms. The molecule has 0 radical (unpaired) electrons. The average molecular weight is 612 g/mol. The molecule has 0 saturated carbocycles. The van der Waals surface area contributed by atoms with Crippen LogP contribution in [0.2, 0.25) is 10.0 Å². The van der Waals surface area contributed by atoms with Crippen molar-refractivity contribution in [2.24, 2.45) is 5.10 Å². The molecule has 1 saturated heterocycles. The van der Waals surface area contributed by atoms with Gasteiger partial charge in [0.25, 0.3) is 5.91 Å². The maximum atomic E-state index is 12.1. The van der Waals surface area contributed by atoms with Gasteiger partial charge in [0.1, 0.15) is 18.1 Å². The second kappa shape index (κ2) is 12.9. The molecule has 3 aromatic rings. The number of benzene rings is 3. The van der Waals surface area contributed by atoms with Crippen LogP contribution in [0.15, 0.2) is 70.2 Å². The molecule has 0 unspecified atom stereocenters. The SMILES string of the molecule is O=C(COc1ccc(C2SCCS2)cc1)N/N=C\c1ccc(OCc2ccc(Cl)c(Cl)c2)c(Br)c1. The molecule has 3 aromatic carbocycles. The zero-order valence-corrected chi connectivity index (χ0v) is 23.1. The third kappa shape index (κ3) is 7.82. The Hall–Kier alpha value is -1.84. The van der Waals surface area contributed by atoms with Gasteiger partial charge in [-0.3, -0.25) is 4.79 Å². The lowest BCUT2D eigenvalue weighted by molar-refractivity contribution is -0.123. The van der Waals surface area contributed by atoms with Gasteiger partial charge in [-0.15, -0.1) is 23.5 Å². The van der Waals surface area contributed by atoms with E-state index in [1.165, 1.54) is 17.1 Å². The number of carbonyl (C=O) groups excluding carboxylic acids is 1. The van der Waals surface area contributed by atoms with Crippen molar-refractivity contribution < 1.29 is 14.3 Å². The second-order valence-corrected chi connectivity index (χ2v) is 11.8. The minimum atomic E-state index is -0.340. The summed E-state index contributed by atoms with van der Waals surface area (Å²) in [6, 6.07) is 18.8. The summed E-state index contributed by atoms with van der Waals surface area (Å²) in [5.74, 6) is 3.35. The summed E-state index contributed by atoms with van der Waals surface area (Å²) in [7, 11) is 0. The number of amides is 1.